The molecule has 1 aliphatic carbocycles. The van der Waals surface area contributed by atoms with Gasteiger partial charge >= 0.3 is 0 Å². The highest BCUT2D eigenvalue weighted by Gasteiger charge is 2.26. The molecule has 2 aromatic rings. The van der Waals surface area contributed by atoms with Gasteiger partial charge in [-0.1, -0.05) is 29.9 Å². The van der Waals surface area contributed by atoms with Crippen molar-refractivity contribution in [1.29, 1.82) is 0 Å². The van der Waals surface area contributed by atoms with Crippen LogP contribution in [0.15, 0.2) is 24.3 Å². The highest BCUT2D eigenvalue weighted by Crippen LogP contribution is 2.33. The van der Waals surface area contributed by atoms with Crippen LogP contribution in [0.3, 0.4) is 0 Å². The summed E-state index contributed by atoms with van der Waals surface area (Å²) in [7, 11) is 0. The predicted molar refractivity (Wildman–Crippen MR) is 79.7 cm³/mol. The maximum Gasteiger partial charge on any atom is 0.183 e. The predicted octanol–water partition coefficient (Wildman–Crippen LogP) is 4.36. The number of hydrogen-bond acceptors (Lipinski definition) is 3. The lowest BCUT2D eigenvalue weighted by atomic mass is 9.98. The molecule has 1 saturated carbocycles. The maximum absolute atomic E-state index is 6.01. The normalized spacial score (nSPS) is 23.6. The largest absolute Gasteiger partial charge is 0.361 e. The number of aromatic nitrogens is 1. The second-order valence-electron chi connectivity index (χ2n) is 4.97. The molecular weight excluding hydrogens is 264 g/mol. The quantitative estimate of drug-likeness (QED) is 0.842. The molecule has 0 amide bonds. The second kappa shape index (κ2) is 5.45. The van der Waals surface area contributed by atoms with Gasteiger partial charge in [0.1, 0.15) is 0 Å². The fourth-order valence-electron chi connectivity index (χ4n) is 2.75. The van der Waals surface area contributed by atoms with Crippen molar-refractivity contribution in [1.82, 2.24) is 4.98 Å². The van der Waals surface area contributed by atoms with E-state index in [0.717, 1.165) is 29.0 Å². The summed E-state index contributed by atoms with van der Waals surface area (Å²) in [5.74, 6) is 2.20. The number of alkyl halides is 1. The Labute approximate surface area is 116 Å². The van der Waals surface area contributed by atoms with Gasteiger partial charge in [-0.3, -0.25) is 0 Å². The number of hydrogen-bond donors (Lipinski definition) is 1. The summed E-state index contributed by atoms with van der Waals surface area (Å²) in [5, 5.41) is 4.53. The van der Waals surface area contributed by atoms with Gasteiger partial charge in [0.15, 0.2) is 5.13 Å². The van der Waals surface area contributed by atoms with Gasteiger partial charge in [0.25, 0.3) is 0 Å². The average molecular weight is 281 g/mol. The van der Waals surface area contributed by atoms with E-state index < -0.39 is 0 Å². The van der Waals surface area contributed by atoms with Gasteiger partial charge in [-0.15, -0.1) is 11.6 Å². The summed E-state index contributed by atoms with van der Waals surface area (Å²) in [4.78, 5) is 4.60. The zero-order valence-electron chi connectivity index (χ0n) is 10.2. The fraction of sp³-hybridized carbons (Fsp3) is 0.500. The Hall–Kier alpha value is -0.800. The molecule has 18 heavy (non-hydrogen) atoms. The first-order valence-electron chi connectivity index (χ1n) is 6.52. The Morgan fingerprint density at radius 1 is 1.28 bits per heavy atom. The van der Waals surface area contributed by atoms with Crippen molar-refractivity contribution in [2.45, 2.75) is 19.3 Å². The highest BCUT2D eigenvalue weighted by molar-refractivity contribution is 7.22. The standard InChI is InChI=1S/C14H17ClN2S/c15-8-10-4-3-5-11(10)9-16-14-17-12-6-1-2-7-13(12)18-14/h1-2,6-7,10-11H,3-5,8-9H2,(H,16,17). The van der Waals surface area contributed by atoms with Crippen molar-refractivity contribution in [2.24, 2.45) is 11.8 Å². The number of nitrogens with one attached hydrogen (secondary N) is 1. The Morgan fingerprint density at radius 3 is 2.94 bits per heavy atom. The number of anilines is 1. The van der Waals surface area contributed by atoms with Crippen molar-refractivity contribution in [3.05, 3.63) is 24.3 Å². The smallest absolute Gasteiger partial charge is 0.183 e. The lowest BCUT2D eigenvalue weighted by Crippen LogP contribution is -2.19. The van der Waals surface area contributed by atoms with E-state index in [9.17, 15) is 0 Å². The monoisotopic (exact) mass is 280 g/mol. The Bertz CT molecular complexity index is 492. The molecule has 0 aliphatic heterocycles. The van der Waals surface area contributed by atoms with Gasteiger partial charge in [0.05, 0.1) is 10.2 Å². The van der Waals surface area contributed by atoms with Crippen LogP contribution in [0.2, 0.25) is 0 Å². The summed E-state index contributed by atoms with van der Waals surface area (Å²) in [6.45, 7) is 1.01. The number of fused-ring (bicyclic) bond motifs is 1. The van der Waals surface area contributed by atoms with Crippen LogP contribution in [0.1, 0.15) is 19.3 Å². The van der Waals surface area contributed by atoms with Gasteiger partial charge in [-0.25, -0.2) is 4.98 Å². The molecule has 3 rings (SSSR count). The van der Waals surface area contributed by atoms with E-state index in [1.165, 1.54) is 24.0 Å². The van der Waals surface area contributed by atoms with Gasteiger partial charge in [0.2, 0.25) is 0 Å². The number of thiazole rings is 1. The molecule has 4 heteroatoms. The molecule has 2 unspecified atom stereocenters. The zero-order valence-corrected chi connectivity index (χ0v) is 11.8. The minimum atomic E-state index is 0.688. The number of nitrogens with zero attached hydrogens (tertiary/aromatic N) is 1. The molecule has 0 radical (unpaired) electrons. The Kier molecular flexibility index (Phi) is 3.71. The lowest BCUT2D eigenvalue weighted by Gasteiger charge is -2.16. The van der Waals surface area contributed by atoms with Crippen LogP contribution < -0.4 is 5.32 Å². The summed E-state index contributed by atoms with van der Waals surface area (Å²) in [5.41, 5.74) is 1.09. The molecule has 2 nitrogen and oxygen atoms in total. The summed E-state index contributed by atoms with van der Waals surface area (Å²) < 4.78 is 1.25. The van der Waals surface area contributed by atoms with Crippen LogP contribution in [0.25, 0.3) is 10.2 Å². The zero-order chi connectivity index (χ0) is 12.4. The molecule has 96 valence electrons. The van der Waals surface area contributed by atoms with Crippen LogP contribution in [0.5, 0.6) is 0 Å². The van der Waals surface area contributed by atoms with Gasteiger partial charge in [-0.2, -0.15) is 0 Å². The first kappa shape index (κ1) is 12.2. The van der Waals surface area contributed by atoms with Gasteiger partial charge < -0.3 is 5.32 Å². The molecule has 0 bridgehead atoms. The summed E-state index contributed by atoms with van der Waals surface area (Å²) in [6, 6.07) is 8.28. The number of halogens is 1. The Morgan fingerprint density at radius 2 is 2.11 bits per heavy atom. The minimum Gasteiger partial charge on any atom is -0.361 e. The topological polar surface area (TPSA) is 24.9 Å². The van der Waals surface area contributed by atoms with Crippen LogP contribution in [0, 0.1) is 11.8 Å². The van der Waals surface area contributed by atoms with Crippen LogP contribution in [-0.4, -0.2) is 17.4 Å². The van der Waals surface area contributed by atoms with Crippen LogP contribution >= 0.6 is 22.9 Å². The number of benzene rings is 1. The molecule has 1 fully saturated rings. The molecule has 1 aromatic carbocycles. The maximum atomic E-state index is 6.01. The van der Waals surface area contributed by atoms with E-state index in [4.69, 9.17) is 11.6 Å². The SMILES string of the molecule is ClCC1CCCC1CNc1nc2ccccc2s1. The molecular formula is C14H17ClN2S. The van der Waals surface area contributed by atoms with Crippen molar-refractivity contribution >= 4 is 38.3 Å². The molecule has 0 spiro atoms. The first-order valence-corrected chi connectivity index (χ1v) is 7.87. The number of para-hydroxylation sites is 1. The minimum absolute atomic E-state index is 0.688. The summed E-state index contributed by atoms with van der Waals surface area (Å²) >= 11 is 7.74. The van der Waals surface area contributed by atoms with Crippen LogP contribution in [0.4, 0.5) is 5.13 Å². The molecule has 1 aliphatic rings. The van der Waals surface area contributed by atoms with Gasteiger partial charge in [-0.05, 0) is 36.8 Å². The van der Waals surface area contributed by atoms with E-state index in [1.807, 2.05) is 6.07 Å². The van der Waals surface area contributed by atoms with Crippen molar-refractivity contribution in [3.63, 3.8) is 0 Å². The van der Waals surface area contributed by atoms with E-state index in [0.29, 0.717) is 5.92 Å². The van der Waals surface area contributed by atoms with Gasteiger partial charge in [0, 0.05) is 12.4 Å². The lowest BCUT2D eigenvalue weighted by molar-refractivity contribution is 0.444. The van der Waals surface area contributed by atoms with E-state index in [2.05, 4.69) is 28.5 Å². The average Bonchev–Trinajstić information content (AvgIpc) is 3.01. The fourth-order valence-corrected chi connectivity index (χ4v) is 4.03. The van der Waals surface area contributed by atoms with E-state index in [-0.39, 0.29) is 0 Å². The first-order chi connectivity index (χ1) is 8.86. The third kappa shape index (κ3) is 2.47. The van der Waals surface area contributed by atoms with Crippen molar-refractivity contribution in [3.8, 4) is 0 Å². The van der Waals surface area contributed by atoms with Crippen LogP contribution in [-0.2, 0) is 0 Å². The third-order valence-corrected chi connectivity index (χ3v) is 5.21. The molecule has 2 atom stereocenters. The summed E-state index contributed by atoms with van der Waals surface area (Å²) in [6.07, 6.45) is 3.91. The van der Waals surface area contributed by atoms with Crippen molar-refractivity contribution in [2.75, 3.05) is 17.7 Å². The molecule has 1 heterocycles. The van der Waals surface area contributed by atoms with E-state index >= 15 is 0 Å². The number of rotatable bonds is 4. The second-order valence-corrected chi connectivity index (χ2v) is 6.31. The third-order valence-electron chi connectivity index (χ3n) is 3.82. The molecule has 0 saturated heterocycles. The molecule has 1 aromatic heterocycles. The van der Waals surface area contributed by atoms with E-state index in [1.54, 1.807) is 11.3 Å². The highest BCUT2D eigenvalue weighted by atomic mass is 35.5. The molecule has 1 N–H and O–H groups in total. The van der Waals surface area contributed by atoms with Crippen molar-refractivity contribution < 1.29 is 0 Å². The Balaban J connectivity index is 1.66.